The molecule has 2 N–H and O–H groups in total. The zero-order chi connectivity index (χ0) is 15.5. The van der Waals surface area contributed by atoms with Crippen molar-refractivity contribution >= 4 is 36.4 Å². The fraction of sp³-hybridized carbons (Fsp3) is 0.588. The molecular weight excluding hydrogens is 349 g/mol. The van der Waals surface area contributed by atoms with Gasteiger partial charge in [0.1, 0.15) is 0 Å². The Labute approximate surface area is 156 Å². The number of carbonyl (C=O) groups excluding carboxylic acids is 1. The first-order valence-electron chi connectivity index (χ1n) is 8.13. The molecule has 2 unspecified atom stereocenters. The van der Waals surface area contributed by atoms with Gasteiger partial charge < -0.3 is 20.3 Å². The average molecular weight is 376 g/mol. The van der Waals surface area contributed by atoms with Gasteiger partial charge in [0.25, 0.3) is 5.91 Å². The lowest BCUT2D eigenvalue weighted by Gasteiger charge is -2.31. The number of nitrogens with two attached hydrogens (primary N) is 1. The summed E-state index contributed by atoms with van der Waals surface area (Å²) in [5, 5.41) is 0. The van der Waals surface area contributed by atoms with Gasteiger partial charge in [-0.1, -0.05) is 12.1 Å². The van der Waals surface area contributed by atoms with E-state index in [1.54, 1.807) is 0 Å². The first kappa shape index (κ1) is 21.0. The van der Waals surface area contributed by atoms with Gasteiger partial charge in [-0.3, -0.25) is 4.79 Å². The number of likely N-dealkylation sites (tertiary alicyclic amines) is 1. The lowest BCUT2D eigenvalue weighted by atomic mass is 10.1. The van der Waals surface area contributed by atoms with Crippen molar-refractivity contribution in [1.82, 2.24) is 4.90 Å². The topological polar surface area (TPSA) is 58.8 Å². The highest BCUT2D eigenvalue weighted by Crippen LogP contribution is 2.28. The number of rotatable bonds is 3. The molecule has 3 rings (SSSR count). The van der Waals surface area contributed by atoms with E-state index in [2.05, 4.69) is 11.8 Å². The van der Waals surface area contributed by atoms with E-state index in [0.29, 0.717) is 12.5 Å². The molecule has 136 valence electrons. The van der Waals surface area contributed by atoms with Crippen molar-refractivity contribution in [3.05, 3.63) is 29.8 Å². The molecular formula is C17H27Cl2N3O2. The van der Waals surface area contributed by atoms with Crippen molar-refractivity contribution < 1.29 is 9.53 Å². The predicted molar refractivity (Wildman–Crippen MR) is 102 cm³/mol. The number of hydrogen-bond acceptors (Lipinski definition) is 4. The number of hydrogen-bond donors (Lipinski definition) is 1. The number of nitrogens with zero attached hydrogens (tertiary/aromatic N) is 2. The maximum atomic E-state index is 13.0. The molecule has 0 bridgehead atoms. The third kappa shape index (κ3) is 4.33. The summed E-state index contributed by atoms with van der Waals surface area (Å²) in [6, 6.07) is 8.18. The summed E-state index contributed by atoms with van der Waals surface area (Å²) >= 11 is 0. The van der Waals surface area contributed by atoms with Crippen LogP contribution >= 0.6 is 24.8 Å². The maximum Gasteiger partial charge on any atom is 0.256 e. The second-order valence-electron chi connectivity index (χ2n) is 6.26. The van der Waals surface area contributed by atoms with Crippen LogP contribution in [0.3, 0.4) is 0 Å². The van der Waals surface area contributed by atoms with Crippen LogP contribution in [-0.4, -0.2) is 56.2 Å². The van der Waals surface area contributed by atoms with Crippen molar-refractivity contribution in [1.29, 1.82) is 0 Å². The number of morpholine rings is 1. The third-order valence-electron chi connectivity index (χ3n) is 4.74. The minimum absolute atomic E-state index is 0. The summed E-state index contributed by atoms with van der Waals surface area (Å²) in [7, 11) is 0. The number of halogens is 2. The number of para-hydroxylation sites is 1. The highest BCUT2D eigenvalue weighted by Gasteiger charge is 2.33. The van der Waals surface area contributed by atoms with Gasteiger partial charge in [0, 0.05) is 31.4 Å². The Bertz CT molecular complexity index is 538. The van der Waals surface area contributed by atoms with E-state index >= 15 is 0 Å². The average Bonchev–Trinajstić information content (AvgIpc) is 2.96. The van der Waals surface area contributed by atoms with Crippen LogP contribution in [0, 0.1) is 5.92 Å². The standard InChI is InChI=1S/C17H25N3O2.2ClH/c1-13-10-14(11-18)12-20(13)17(21)15-4-2-3-5-16(15)19-6-8-22-9-7-19;;/h2-5,13-14H,6-12,18H2,1H3;2*1H. The lowest BCUT2D eigenvalue weighted by molar-refractivity contribution is 0.0743. The van der Waals surface area contributed by atoms with Gasteiger partial charge in [-0.05, 0) is 37.9 Å². The molecule has 24 heavy (non-hydrogen) atoms. The second-order valence-corrected chi connectivity index (χ2v) is 6.26. The fourth-order valence-electron chi connectivity index (χ4n) is 3.49. The van der Waals surface area contributed by atoms with E-state index in [1.807, 2.05) is 29.2 Å². The Hall–Kier alpha value is -1.01. The van der Waals surface area contributed by atoms with Crippen LogP contribution in [0.25, 0.3) is 0 Å². The van der Waals surface area contributed by atoms with Gasteiger partial charge in [0.2, 0.25) is 0 Å². The van der Waals surface area contributed by atoms with Crippen molar-refractivity contribution in [2.24, 2.45) is 11.7 Å². The highest BCUT2D eigenvalue weighted by molar-refractivity contribution is 6.00. The molecule has 2 atom stereocenters. The normalized spacial score (nSPS) is 23.4. The Morgan fingerprint density at radius 3 is 2.54 bits per heavy atom. The van der Waals surface area contributed by atoms with Crippen LogP contribution in [-0.2, 0) is 4.74 Å². The smallest absolute Gasteiger partial charge is 0.256 e. The fourth-order valence-corrected chi connectivity index (χ4v) is 3.49. The van der Waals surface area contributed by atoms with Crippen LogP contribution in [0.1, 0.15) is 23.7 Å². The molecule has 2 fully saturated rings. The summed E-state index contributed by atoms with van der Waals surface area (Å²) in [4.78, 5) is 17.2. The Morgan fingerprint density at radius 1 is 1.25 bits per heavy atom. The van der Waals surface area contributed by atoms with Crippen molar-refractivity contribution in [2.45, 2.75) is 19.4 Å². The Kier molecular flexibility index (Phi) is 8.30. The van der Waals surface area contributed by atoms with Gasteiger partial charge in [0.05, 0.1) is 18.8 Å². The summed E-state index contributed by atoms with van der Waals surface area (Å²) in [5.41, 5.74) is 7.61. The molecule has 1 aromatic rings. The van der Waals surface area contributed by atoms with Gasteiger partial charge in [0.15, 0.2) is 0 Å². The molecule has 5 nitrogen and oxygen atoms in total. The van der Waals surface area contributed by atoms with E-state index in [-0.39, 0.29) is 36.8 Å². The van der Waals surface area contributed by atoms with E-state index in [4.69, 9.17) is 10.5 Å². The SMILES string of the molecule is CC1CC(CN)CN1C(=O)c1ccccc1N1CCOCC1.Cl.Cl. The Balaban J connectivity index is 0.00000144. The first-order valence-corrected chi connectivity index (χ1v) is 8.13. The predicted octanol–water partition coefficient (Wildman–Crippen LogP) is 2.18. The lowest BCUT2D eigenvalue weighted by Crippen LogP contribution is -2.39. The molecule has 0 saturated carbocycles. The first-order chi connectivity index (χ1) is 10.7. The minimum atomic E-state index is 0. The van der Waals surface area contributed by atoms with E-state index in [1.165, 1.54) is 0 Å². The van der Waals surface area contributed by atoms with Crippen molar-refractivity contribution in [2.75, 3.05) is 44.3 Å². The molecule has 0 radical (unpaired) electrons. The molecule has 2 aliphatic rings. The number of carbonyl (C=O) groups is 1. The zero-order valence-electron chi connectivity index (χ0n) is 14.0. The molecule has 0 aliphatic carbocycles. The zero-order valence-corrected chi connectivity index (χ0v) is 15.7. The van der Waals surface area contributed by atoms with Crippen LogP contribution in [0.2, 0.25) is 0 Å². The summed E-state index contributed by atoms with van der Waals surface area (Å²) < 4.78 is 5.42. The van der Waals surface area contributed by atoms with Crippen molar-refractivity contribution in [3.63, 3.8) is 0 Å². The van der Waals surface area contributed by atoms with Crippen LogP contribution < -0.4 is 10.6 Å². The van der Waals surface area contributed by atoms with E-state index in [9.17, 15) is 4.79 Å². The summed E-state index contributed by atoms with van der Waals surface area (Å²) in [6.45, 7) is 6.66. The van der Waals surface area contributed by atoms with Crippen LogP contribution in [0.4, 0.5) is 5.69 Å². The molecule has 2 aliphatic heterocycles. The van der Waals surface area contributed by atoms with Gasteiger partial charge in [-0.25, -0.2) is 0 Å². The maximum absolute atomic E-state index is 13.0. The van der Waals surface area contributed by atoms with Gasteiger partial charge >= 0.3 is 0 Å². The molecule has 7 heteroatoms. The number of benzene rings is 1. The Morgan fingerprint density at radius 2 is 1.92 bits per heavy atom. The van der Waals surface area contributed by atoms with Crippen LogP contribution in [0.15, 0.2) is 24.3 Å². The number of amides is 1. The second kappa shape index (κ2) is 9.47. The van der Waals surface area contributed by atoms with Crippen LogP contribution in [0.5, 0.6) is 0 Å². The van der Waals surface area contributed by atoms with Gasteiger partial charge in [-0.15, -0.1) is 24.8 Å². The summed E-state index contributed by atoms with van der Waals surface area (Å²) in [5.74, 6) is 0.556. The van der Waals surface area contributed by atoms with E-state index in [0.717, 1.165) is 50.5 Å². The molecule has 1 aromatic carbocycles. The number of anilines is 1. The molecule has 1 amide bonds. The third-order valence-corrected chi connectivity index (χ3v) is 4.74. The van der Waals surface area contributed by atoms with Crippen molar-refractivity contribution in [3.8, 4) is 0 Å². The molecule has 0 spiro atoms. The van der Waals surface area contributed by atoms with E-state index < -0.39 is 0 Å². The molecule has 2 heterocycles. The number of ether oxygens (including phenoxy) is 1. The largest absolute Gasteiger partial charge is 0.378 e. The minimum Gasteiger partial charge on any atom is -0.378 e. The molecule has 2 saturated heterocycles. The molecule has 0 aromatic heterocycles. The highest BCUT2D eigenvalue weighted by atomic mass is 35.5. The van der Waals surface area contributed by atoms with Gasteiger partial charge in [-0.2, -0.15) is 0 Å². The summed E-state index contributed by atoms with van der Waals surface area (Å²) in [6.07, 6.45) is 1.00. The monoisotopic (exact) mass is 375 g/mol. The quantitative estimate of drug-likeness (QED) is 0.879.